The van der Waals surface area contributed by atoms with Crippen molar-refractivity contribution in [2.24, 2.45) is 5.92 Å². The molecule has 0 N–H and O–H groups in total. The summed E-state index contributed by atoms with van der Waals surface area (Å²) in [6.45, 7) is 1.69. The van der Waals surface area contributed by atoms with Gasteiger partial charge in [-0.2, -0.15) is 0 Å². The molecule has 0 aliphatic carbocycles. The average molecular weight is 239 g/mol. The van der Waals surface area contributed by atoms with Crippen LogP contribution in [0.5, 0.6) is 0 Å². The highest BCUT2D eigenvalue weighted by atomic mass is 35.5. The number of amides is 1. The maximum absolute atomic E-state index is 12.1. The largest absolute Gasteiger partial charge is 0.338 e. The monoisotopic (exact) mass is 238 g/mol. The van der Waals surface area contributed by atoms with Gasteiger partial charge in [0, 0.05) is 36.9 Å². The molecule has 1 unspecified atom stereocenters. The smallest absolute Gasteiger partial charge is 0.253 e. The number of carbonyl (C=O) groups excluding carboxylic acids is 1. The van der Waals surface area contributed by atoms with Gasteiger partial charge in [-0.3, -0.25) is 9.78 Å². The highest BCUT2D eigenvalue weighted by molar-refractivity contribution is 6.17. The molecule has 2 heterocycles. The van der Waals surface area contributed by atoms with E-state index in [-0.39, 0.29) is 5.91 Å². The SMILES string of the molecule is O=C(c1ccncc1)N1CCC(CCCl)C1. The summed E-state index contributed by atoms with van der Waals surface area (Å²) in [4.78, 5) is 17.9. The van der Waals surface area contributed by atoms with E-state index in [1.54, 1.807) is 24.5 Å². The molecule has 86 valence electrons. The van der Waals surface area contributed by atoms with Gasteiger partial charge >= 0.3 is 0 Å². The van der Waals surface area contributed by atoms with Crippen LogP contribution in [0.25, 0.3) is 0 Å². The maximum Gasteiger partial charge on any atom is 0.253 e. The number of hydrogen-bond donors (Lipinski definition) is 0. The van der Waals surface area contributed by atoms with Crippen LogP contribution in [0.2, 0.25) is 0 Å². The van der Waals surface area contributed by atoms with E-state index in [9.17, 15) is 4.79 Å². The van der Waals surface area contributed by atoms with E-state index in [1.165, 1.54) is 0 Å². The molecule has 1 saturated heterocycles. The van der Waals surface area contributed by atoms with Crippen LogP contribution in [0.15, 0.2) is 24.5 Å². The van der Waals surface area contributed by atoms with E-state index in [0.717, 1.165) is 31.5 Å². The third-order valence-electron chi connectivity index (χ3n) is 3.02. The first kappa shape index (κ1) is 11.4. The highest BCUT2D eigenvalue weighted by Gasteiger charge is 2.26. The van der Waals surface area contributed by atoms with Crippen molar-refractivity contribution in [1.82, 2.24) is 9.88 Å². The number of pyridine rings is 1. The summed E-state index contributed by atoms with van der Waals surface area (Å²) in [6, 6.07) is 3.52. The lowest BCUT2D eigenvalue weighted by molar-refractivity contribution is 0.0787. The van der Waals surface area contributed by atoms with Crippen molar-refractivity contribution in [2.75, 3.05) is 19.0 Å². The van der Waals surface area contributed by atoms with Gasteiger partial charge in [-0.25, -0.2) is 0 Å². The van der Waals surface area contributed by atoms with Crippen LogP contribution in [0.3, 0.4) is 0 Å². The number of rotatable bonds is 3. The van der Waals surface area contributed by atoms with Crippen molar-refractivity contribution < 1.29 is 4.79 Å². The fourth-order valence-electron chi connectivity index (χ4n) is 2.08. The van der Waals surface area contributed by atoms with Gasteiger partial charge in [-0.1, -0.05) is 0 Å². The molecular formula is C12H15ClN2O. The Morgan fingerprint density at radius 3 is 2.94 bits per heavy atom. The lowest BCUT2D eigenvalue weighted by Crippen LogP contribution is -2.28. The lowest BCUT2D eigenvalue weighted by atomic mass is 10.1. The van der Waals surface area contributed by atoms with Crippen LogP contribution in [0.4, 0.5) is 0 Å². The zero-order chi connectivity index (χ0) is 11.4. The molecule has 0 aromatic carbocycles. The molecule has 1 aliphatic rings. The quantitative estimate of drug-likeness (QED) is 0.757. The topological polar surface area (TPSA) is 33.2 Å². The highest BCUT2D eigenvalue weighted by Crippen LogP contribution is 2.21. The first-order valence-corrected chi connectivity index (χ1v) is 6.10. The Bertz CT molecular complexity index is 355. The molecule has 1 amide bonds. The number of halogens is 1. The number of hydrogen-bond acceptors (Lipinski definition) is 2. The van der Waals surface area contributed by atoms with Gasteiger partial charge in [0.15, 0.2) is 0 Å². The van der Waals surface area contributed by atoms with Gasteiger partial charge in [0.25, 0.3) is 5.91 Å². The second kappa shape index (κ2) is 5.30. The minimum atomic E-state index is 0.111. The molecule has 1 fully saturated rings. The Morgan fingerprint density at radius 2 is 2.25 bits per heavy atom. The lowest BCUT2D eigenvalue weighted by Gasteiger charge is -2.16. The van der Waals surface area contributed by atoms with Crippen LogP contribution >= 0.6 is 11.6 Å². The molecule has 1 aliphatic heterocycles. The molecule has 2 rings (SSSR count). The summed E-state index contributed by atoms with van der Waals surface area (Å²) >= 11 is 5.71. The number of alkyl halides is 1. The molecule has 0 saturated carbocycles. The molecule has 3 nitrogen and oxygen atoms in total. The number of aromatic nitrogens is 1. The van der Waals surface area contributed by atoms with Gasteiger partial charge in [-0.15, -0.1) is 11.6 Å². The normalized spacial score (nSPS) is 20.1. The molecule has 0 spiro atoms. The van der Waals surface area contributed by atoms with Gasteiger partial charge in [0.2, 0.25) is 0 Å². The maximum atomic E-state index is 12.1. The van der Waals surface area contributed by atoms with E-state index in [2.05, 4.69) is 4.98 Å². The Kier molecular flexibility index (Phi) is 3.78. The number of likely N-dealkylation sites (tertiary alicyclic amines) is 1. The van der Waals surface area contributed by atoms with Crippen LogP contribution < -0.4 is 0 Å². The Morgan fingerprint density at radius 1 is 1.50 bits per heavy atom. The predicted molar refractivity (Wildman–Crippen MR) is 63.6 cm³/mol. The summed E-state index contributed by atoms with van der Waals surface area (Å²) in [6.07, 6.45) is 5.38. The molecule has 0 radical (unpaired) electrons. The summed E-state index contributed by atoms with van der Waals surface area (Å²) in [5.41, 5.74) is 0.724. The third-order valence-corrected chi connectivity index (χ3v) is 3.24. The second-order valence-corrected chi connectivity index (χ2v) is 4.50. The zero-order valence-electron chi connectivity index (χ0n) is 9.10. The first-order chi connectivity index (χ1) is 7.81. The Balaban J connectivity index is 1.97. The molecular weight excluding hydrogens is 224 g/mol. The summed E-state index contributed by atoms with van der Waals surface area (Å²) in [5.74, 6) is 1.37. The second-order valence-electron chi connectivity index (χ2n) is 4.12. The minimum Gasteiger partial charge on any atom is -0.338 e. The molecule has 16 heavy (non-hydrogen) atoms. The predicted octanol–water partition coefficient (Wildman–Crippen LogP) is 2.17. The van der Waals surface area contributed by atoms with E-state index < -0.39 is 0 Å². The third kappa shape index (κ3) is 2.53. The molecule has 4 heteroatoms. The Hall–Kier alpha value is -1.09. The fourth-order valence-corrected chi connectivity index (χ4v) is 2.39. The van der Waals surface area contributed by atoms with E-state index >= 15 is 0 Å². The van der Waals surface area contributed by atoms with Crippen LogP contribution in [-0.2, 0) is 0 Å². The van der Waals surface area contributed by atoms with E-state index in [1.807, 2.05) is 4.90 Å². The van der Waals surface area contributed by atoms with E-state index in [4.69, 9.17) is 11.6 Å². The van der Waals surface area contributed by atoms with Gasteiger partial charge < -0.3 is 4.90 Å². The van der Waals surface area contributed by atoms with Gasteiger partial charge in [0.05, 0.1) is 0 Å². The number of carbonyl (C=O) groups is 1. The summed E-state index contributed by atoms with van der Waals surface area (Å²) in [7, 11) is 0. The Labute approximate surface area is 100 Å². The number of nitrogens with zero attached hydrogens (tertiary/aromatic N) is 2. The van der Waals surface area contributed by atoms with Gasteiger partial charge in [0.1, 0.15) is 0 Å². The van der Waals surface area contributed by atoms with Crippen molar-refractivity contribution in [3.05, 3.63) is 30.1 Å². The minimum absolute atomic E-state index is 0.111. The van der Waals surface area contributed by atoms with Crippen LogP contribution in [-0.4, -0.2) is 34.8 Å². The standard InChI is InChI=1S/C12H15ClN2O/c13-5-1-10-4-8-15(9-10)12(16)11-2-6-14-7-3-11/h2-3,6-7,10H,1,4-5,8-9H2. The van der Waals surface area contributed by atoms with Crippen molar-refractivity contribution in [3.8, 4) is 0 Å². The molecule has 1 atom stereocenters. The van der Waals surface area contributed by atoms with Crippen molar-refractivity contribution in [1.29, 1.82) is 0 Å². The molecule has 0 bridgehead atoms. The molecule has 1 aromatic heterocycles. The first-order valence-electron chi connectivity index (χ1n) is 5.56. The van der Waals surface area contributed by atoms with Crippen molar-refractivity contribution in [3.63, 3.8) is 0 Å². The zero-order valence-corrected chi connectivity index (χ0v) is 9.86. The van der Waals surface area contributed by atoms with Crippen LogP contribution in [0.1, 0.15) is 23.2 Å². The molecule has 1 aromatic rings. The van der Waals surface area contributed by atoms with Crippen molar-refractivity contribution >= 4 is 17.5 Å². The van der Waals surface area contributed by atoms with Gasteiger partial charge in [-0.05, 0) is 30.9 Å². The van der Waals surface area contributed by atoms with Crippen LogP contribution in [0, 0.1) is 5.92 Å². The fraction of sp³-hybridized carbons (Fsp3) is 0.500. The summed E-state index contributed by atoms with van der Waals surface area (Å²) in [5, 5.41) is 0. The summed E-state index contributed by atoms with van der Waals surface area (Å²) < 4.78 is 0. The van der Waals surface area contributed by atoms with Crippen molar-refractivity contribution in [2.45, 2.75) is 12.8 Å². The van der Waals surface area contributed by atoms with E-state index in [0.29, 0.717) is 11.8 Å². The average Bonchev–Trinajstić information content (AvgIpc) is 2.78.